The van der Waals surface area contributed by atoms with Crippen LogP contribution in [0.3, 0.4) is 0 Å². The lowest BCUT2D eigenvalue weighted by molar-refractivity contribution is -0.163. The van der Waals surface area contributed by atoms with Gasteiger partial charge in [0.05, 0.1) is 6.26 Å². The van der Waals surface area contributed by atoms with Crippen molar-refractivity contribution in [2.45, 2.75) is 18.3 Å². The SMILES string of the molecule is CC(=O)OCC1(C(=O)O)CS[C@@H]2C(NS(C)(=O)=O)C(=O)N2C1. The number of aliphatic carboxylic acids is 1. The van der Waals surface area contributed by atoms with Crippen LogP contribution in [0.25, 0.3) is 0 Å². The molecule has 2 saturated heterocycles. The Hall–Kier alpha value is -1.33. The number of amides is 1. The summed E-state index contributed by atoms with van der Waals surface area (Å²) < 4.78 is 29.5. The number of rotatable bonds is 5. The zero-order chi connectivity index (χ0) is 16.7. The fraction of sp³-hybridized carbons (Fsp3) is 0.727. The van der Waals surface area contributed by atoms with Gasteiger partial charge in [0.2, 0.25) is 15.9 Å². The molecular weight excluding hydrogens is 336 g/mol. The molecule has 9 nitrogen and oxygen atoms in total. The zero-order valence-electron chi connectivity index (χ0n) is 11.9. The molecule has 1 amide bonds. The Morgan fingerprint density at radius 3 is 2.68 bits per heavy atom. The van der Waals surface area contributed by atoms with Crippen LogP contribution in [0.1, 0.15) is 6.92 Å². The summed E-state index contributed by atoms with van der Waals surface area (Å²) in [6.45, 7) is 0.731. The van der Waals surface area contributed by atoms with Crippen molar-refractivity contribution < 1.29 is 32.6 Å². The first-order chi connectivity index (χ1) is 10.1. The van der Waals surface area contributed by atoms with E-state index in [1.807, 2.05) is 0 Å². The third kappa shape index (κ3) is 3.20. The van der Waals surface area contributed by atoms with E-state index in [1.54, 1.807) is 0 Å². The van der Waals surface area contributed by atoms with Gasteiger partial charge in [0.25, 0.3) is 0 Å². The summed E-state index contributed by atoms with van der Waals surface area (Å²) in [7, 11) is -3.53. The highest BCUT2D eigenvalue weighted by Crippen LogP contribution is 2.42. The molecule has 0 aromatic heterocycles. The molecule has 11 heteroatoms. The van der Waals surface area contributed by atoms with Crippen LogP contribution in [0.4, 0.5) is 0 Å². The molecular formula is C11H16N2O7S2. The summed E-state index contributed by atoms with van der Waals surface area (Å²) in [5.41, 5.74) is -1.38. The fourth-order valence-electron chi connectivity index (χ4n) is 2.35. The number of nitrogens with one attached hydrogen (secondary N) is 1. The van der Waals surface area contributed by atoms with E-state index < -0.39 is 44.7 Å². The highest BCUT2D eigenvalue weighted by atomic mass is 32.2. The number of fused-ring (bicyclic) bond motifs is 1. The van der Waals surface area contributed by atoms with Crippen molar-refractivity contribution >= 4 is 39.6 Å². The maximum Gasteiger partial charge on any atom is 0.315 e. The van der Waals surface area contributed by atoms with E-state index in [0.717, 1.165) is 18.0 Å². The Morgan fingerprint density at radius 1 is 1.55 bits per heavy atom. The smallest absolute Gasteiger partial charge is 0.315 e. The van der Waals surface area contributed by atoms with Crippen LogP contribution < -0.4 is 4.72 Å². The van der Waals surface area contributed by atoms with Crippen molar-refractivity contribution in [3.63, 3.8) is 0 Å². The first-order valence-corrected chi connectivity index (χ1v) is 9.26. The monoisotopic (exact) mass is 352 g/mol. The molecule has 2 aliphatic heterocycles. The molecule has 0 aliphatic carbocycles. The first-order valence-electron chi connectivity index (χ1n) is 6.32. The molecule has 2 heterocycles. The number of carboxylic acid groups (broad SMARTS) is 1. The van der Waals surface area contributed by atoms with Crippen molar-refractivity contribution in [3.8, 4) is 0 Å². The van der Waals surface area contributed by atoms with Crippen LogP contribution in [0.5, 0.6) is 0 Å². The van der Waals surface area contributed by atoms with Gasteiger partial charge in [0, 0.05) is 19.2 Å². The molecule has 2 rings (SSSR count). The van der Waals surface area contributed by atoms with Crippen LogP contribution >= 0.6 is 11.8 Å². The number of β-lactam (4-membered cyclic amide) rings is 1. The van der Waals surface area contributed by atoms with Gasteiger partial charge in [-0.3, -0.25) is 14.4 Å². The van der Waals surface area contributed by atoms with Gasteiger partial charge >= 0.3 is 11.9 Å². The van der Waals surface area contributed by atoms with E-state index in [9.17, 15) is 27.9 Å². The third-order valence-electron chi connectivity index (χ3n) is 3.49. The highest BCUT2D eigenvalue weighted by Gasteiger charge is 2.58. The Balaban J connectivity index is 2.10. The molecule has 22 heavy (non-hydrogen) atoms. The molecule has 2 N–H and O–H groups in total. The minimum Gasteiger partial charge on any atom is -0.481 e. The van der Waals surface area contributed by atoms with E-state index in [0.29, 0.717) is 0 Å². The maximum absolute atomic E-state index is 12.0. The second-order valence-corrected chi connectivity index (χ2v) is 8.29. The average molecular weight is 352 g/mol. The lowest BCUT2D eigenvalue weighted by atomic mass is 9.88. The fourth-order valence-corrected chi connectivity index (χ4v) is 4.65. The van der Waals surface area contributed by atoms with Crippen molar-refractivity contribution in [3.05, 3.63) is 0 Å². The second-order valence-electron chi connectivity index (χ2n) is 5.40. The van der Waals surface area contributed by atoms with Crippen LogP contribution in [0.15, 0.2) is 0 Å². The van der Waals surface area contributed by atoms with E-state index in [4.69, 9.17) is 4.74 Å². The van der Waals surface area contributed by atoms with Crippen LogP contribution in [-0.4, -0.2) is 72.8 Å². The number of esters is 1. The number of ether oxygens (including phenoxy) is 1. The summed E-state index contributed by atoms with van der Waals surface area (Å²) in [6, 6.07) is -0.875. The van der Waals surface area contributed by atoms with E-state index in [1.165, 1.54) is 11.8 Å². The topological polar surface area (TPSA) is 130 Å². The maximum atomic E-state index is 12.0. The summed E-state index contributed by atoms with van der Waals surface area (Å²) in [5.74, 6) is -2.12. The van der Waals surface area contributed by atoms with Crippen molar-refractivity contribution in [2.24, 2.45) is 5.41 Å². The average Bonchev–Trinajstić information content (AvgIpc) is 2.41. The number of hydrogen-bond acceptors (Lipinski definition) is 7. The predicted octanol–water partition coefficient (Wildman–Crippen LogP) is -1.55. The molecule has 0 radical (unpaired) electrons. The number of hydrogen-bond donors (Lipinski definition) is 2. The Labute approximate surface area is 131 Å². The lowest BCUT2D eigenvalue weighted by Crippen LogP contribution is -2.74. The van der Waals surface area contributed by atoms with Gasteiger partial charge in [0.1, 0.15) is 23.4 Å². The highest BCUT2D eigenvalue weighted by molar-refractivity contribution is 8.00. The van der Waals surface area contributed by atoms with Gasteiger partial charge in [-0.25, -0.2) is 8.42 Å². The van der Waals surface area contributed by atoms with Crippen molar-refractivity contribution in [2.75, 3.05) is 25.2 Å². The number of carbonyl (C=O) groups is 3. The zero-order valence-corrected chi connectivity index (χ0v) is 13.6. The van der Waals surface area contributed by atoms with Gasteiger partial charge in [-0.15, -0.1) is 11.8 Å². The minimum atomic E-state index is -3.53. The van der Waals surface area contributed by atoms with E-state index in [-0.39, 0.29) is 18.9 Å². The summed E-state index contributed by atoms with van der Waals surface area (Å²) in [5, 5.41) is 8.98. The Morgan fingerprint density at radius 2 is 2.18 bits per heavy atom. The summed E-state index contributed by atoms with van der Waals surface area (Å²) in [6.07, 6.45) is 0.957. The van der Waals surface area contributed by atoms with Gasteiger partial charge in [-0.1, -0.05) is 0 Å². The molecule has 124 valence electrons. The number of sulfonamides is 1. The predicted molar refractivity (Wildman–Crippen MR) is 76.4 cm³/mol. The standard InChI is InChI=1S/C11H16N2O7S2/c1-6(14)20-4-11(10(16)17)3-13-8(15)7(9(13)21-5-11)12-22(2,18)19/h7,9,12H,3-5H2,1-2H3,(H,16,17)/t7?,9-,11?/m1/s1. The minimum absolute atomic E-state index is 0.117. The van der Waals surface area contributed by atoms with Gasteiger partial charge in [0.15, 0.2) is 0 Å². The lowest BCUT2D eigenvalue weighted by Gasteiger charge is -2.53. The van der Waals surface area contributed by atoms with Crippen LogP contribution in [0.2, 0.25) is 0 Å². The Bertz CT molecular complexity index is 620. The quantitative estimate of drug-likeness (QED) is 0.449. The first kappa shape index (κ1) is 17.0. The molecule has 3 atom stereocenters. The van der Waals surface area contributed by atoms with Crippen LogP contribution in [-0.2, 0) is 29.1 Å². The van der Waals surface area contributed by atoms with Gasteiger partial charge < -0.3 is 14.7 Å². The Kier molecular flexibility index (Phi) is 4.42. The number of nitrogens with zero attached hydrogens (tertiary/aromatic N) is 1. The van der Waals surface area contributed by atoms with Crippen molar-refractivity contribution in [1.29, 1.82) is 0 Å². The molecule has 2 unspecified atom stereocenters. The normalized spacial score (nSPS) is 31.2. The molecule has 0 spiro atoms. The van der Waals surface area contributed by atoms with E-state index in [2.05, 4.69) is 4.72 Å². The molecule has 2 fully saturated rings. The number of carboxylic acids is 1. The molecule has 0 aromatic rings. The molecule has 2 aliphatic rings. The van der Waals surface area contributed by atoms with Crippen molar-refractivity contribution in [1.82, 2.24) is 9.62 Å². The van der Waals surface area contributed by atoms with Crippen LogP contribution in [0, 0.1) is 5.41 Å². The van der Waals surface area contributed by atoms with Gasteiger partial charge in [-0.2, -0.15) is 4.72 Å². The van der Waals surface area contributed by atoms with E-state index >= 15 is 0 Å². The molecule has 0 saturated carbocycles. The summed E-state index contributed by atoms with van der Waals surface area (Å²) >= 11 is 1.16. The molecule has 0 bridgehead atoms. The number of carbonyl (C=O) groups excluding carboxylic acids is 2. The molecule has 0 aromatic carbocycles. The second kappa shape index (κ2) is 5.70. The summed E-state index contributed by atoms with van der Waals surface area (Å²) in [4.78, 5) is 35.7. The largest absolute Gasteiger partial charge is 0.481 e. The number of thioether (sulfide) groups is 1. The third-order valence-corrected chi connectivity index (χ3v) is 5.76. The van der Waals surface area contributed by atoms with Gasteiger partial charge in [-0.05, 0) is 0 Å².